The molecule has 0 radical (unpaired) electrons. The quantitative estimate of drug-likeness (QED) is 0.746. The van der Waals surface area contributed by atoms with Gasteiger partial charge < -0.3 is 5.32 Å². The molecule has 0 bridgehead atoms. The fourth-order valence-electron chi connectivity index (χ4n) is 1.69. The molecule has 0 fully saturated rings. The van der Waals surface area contributed by atoms with E-state index < -0.39 is 0 Å². The van der Waals surface area contributed by atoms with Crippen molar-refractivity contribution in [1.82, 2.24) is 5.32 Å². The van der Waals surface area contributed by atoms with Crippen LogP contribution in [0.4, 0.5) is 4.39 Å². The van der Waals surface area contributed by atoms with Crippen LogP contribution < -0.4 is 5.32 Å². The van der Waals surface area contributed by atoms with Gasteiger partial charge in [-0.05, 0) is 30.5 Å². The number of carbonyl (C=O) groups excluding carboxylic acids is 1. The van der Waals surface area contributed by atoms with Crippen LogP contribution in [0.15, 0.2) is 24.3 Å². The summed E-state index contributed by atoms with van der Waals surface area (Å²) >= 11 is 0. The van der Waals surface area contributed by atoms with E-state index in [2.05, 4.69) is 5.32 Å². The molecule has 1 N–H and O–H groups in total. The standard InChI is InChI=1S/C12H12FNO/c1-8-2-3-10(11(13)6-8)9-4-5-14-12(15)7-9/h2-3,6-7H,4-5H2,1H3,(H,14,15). The minimum atomic E-state index is -0.254. The predicted molar refractivity (Wildman–Crippen MR) is 56.7 cm³/mol. The minimum Gasteiger partial charge on any atom is -0.352 e. The number of benzene rings is 1. The Kier molecular flexibility index (Phi) is 2.54. The maximum absolute atomic E-state index is 13.6. The first-order valence-electron chi connectivity index (χ1n) is 4.92. The van der Waals surface area contributed by atoms with Crippen LogP contribution in [0.5, 0.6) is 0 Å². The minimum absolute atomic E-state index is 0.142. The van der Waals surface area contributed by atoms with Crippen LogP contribution in [-0.2, 0) is 4.79 Å². The molecular formula is C12H12FNO. The van der Waals surface area contributed by atoms with Gasteiger partial charge in [0, 0.05) is 18.2 Å². The number of hydrogen-bond donors (Lipinski definition) is 1. The number of amides is 1. The van der Waals surface area contributed by atoms with E-state index in [1.165, 1.54) is 12.1 Å². The number of rotatable bonds is 1. The van der Waals surface area contributed by atoms with Crippen LogP contribution in [0.3, 0.4) is 0 Å². The van der Waals surface area contributed by atoms with Gasteiger partial charge in [-0.1, -0.05) is 12.1 Å². The van der Waals surface area contributed by atoms with E-state index in [0.717, 1.165) is 11.1 Å². The molecule has 1 aromatic carbocycles. The highest BCUT2D eigenvalue weighted by molar-refractivity contribution is 5.96. The van der Waals surface area contributed by atoms with Gasteiger partial charge >= 0.3 is 0 Å². The van der Waals surface area contributed by atoms with E-state index in [-0.39, 0.29) is 11.7 Å². The molecule has 1 aromatic rings. The molecular weight excluding hydrogens is 193 g/mol. The van der Waals surface area contributed by atoms with E-state index in [4.69, 9.17) is 0 Å². The van der Waals surface area contributed by atoms with Crippen molar-refractivity contribution in [3.05, 3.63) is 41.2 Å². The lowest BCUT2D eigenvalue weighted by Crippen LogP contribution is -2.26. The summed E-state index contributed by atoms with van der Waals surface area (Å²) in [6.07, 6.45) is 2.16. The van der Waals surface area contributed by atoms with Crippen molar-refractivity contribution in [1.29, 1.82) is 0 Å². The molecule has 0 saturated carbocycles. The maximum atomic E-state index is 13.6. The number of nitrogens with one attached hydrogen (secondary N) is 1. The molecule has 0 atom stereocenters. The van der Waals surface area contributed by atoms with Gasteiger partial charge in [0.15, 0.2) is 0 Å². The van der Waals surface area contributed by atoms with E-state index in [0.29, 0.717) is 18.5 Å². The van der Waals surface area contributed by atoms with Gasteiger partial charge in [-0.15, -0.1) is 0 Å². The highest BCUT2D eigenvalue weighted by Crippen LogP contribution is 2.23. The van der Waals surface area contributed by atoms with Crippen LogP contribution in [0, 0.1) is 12.7 Å². The van der Waals surface area contributed by atoms with Crippen molar-refractivity contribution in [2.24, 2.45) is 0 Å². The lowest BCUT2D eigenvalue weighted by molar-refractivity contribution is -0.116. The van der Waals surface area contributed by atoms with E-state index in [1.54, 1.807) is 6.07 Å². The summed E-state index contributed by atoms with van der Waals surface area (Å²) in [5, 5.41) is 2.67. The summed E-state index contributed by atoms with van der Waals surface area (Å²) in [6, 6.07) is 5.07. The Labute approximate surface area is 87.8 Å². The molecule has 2 rings (SSSR count). The zero-order valence-electron chi connectivity index (χ0n) is 8.51. The van der Waals surface area contributed by atoms with E-state index in [1.807, 2.05) is 13.0 Å². The van der Waals surface area contributed by atoms with Crippen molar-refractivity contribution in [3.63, 3.8) is 0 Å². The predicted octanol–water partition coefficient (Wildman–Crippen LogP) is 2.04. The number of hydrogen-bond acceptors (Lipinski definition) is 1. The van der Waals surface area contributed by atoms with Gasteiger partial charge in [-0.25, -0.2) is 4.39 Å². The SMILES string of the molecule is Cc1ccc(C2=CC(=O)NCC2)c(F)c1. The summed E-state index contributed by atoms with van der Waals surface area (Å²) in [4.78, 5) is 11.1. The molecule has 0 saturated heterocycles. The van der Waals surface area contributed by atoms with E-state index in [9.17, 15) is 9.18 Å². The second-order valence-electron chi connectivity index (χ2n) is 3.69. The van der Waals surface area contributed by atoms with Gasteiger partial charge in [-0.2, -0.15) is 0 Å². The first-order chi connectivity index (χ1) is 7.16. The number of aryl methyl sites for hydroxylation is 1. The van der Waals surface area contributed by atoms with Crippen molar-refractivity contribution in [2.45, 2.75) is 13.3 Å². The Morgan fingerprint density at radius 1 is 1.40 bits per heavy atom. The third-order valence-electron chi connectivity index (χ3n) is 2.47. The Morgan fingerprint density at radius 2 is 2.20 bits per heavy atom. The lowest BCUT2D eigenvalue weighted by Gasteiger charge is -2.14. The second-order valence-corrected chi connectivity index (χ2v) is 3.69. The maximum Gasteiger partial charge on any atom is 0.244 e. The van der Waals surface area contributed by atoms with Crippen LogP contribution in [-0.4, -0.2) is 12.5 Å². The largest absolute Gasteiger partial charge is 0.352 e. The molecule has 0 aliphatic carbocycles. The first-order valence-corrected chi connectivity index (χ1v) is 4.92. The molecule has 0 aromatic heterocycles. The van der Waals surface area contributed by atoms with Crippen molar-refractivity contribution < 1.29 is 9.18 Å². The van der Waals surface area contributed by atoms with Crippen LogP contribution in [0.1, 0.15) is 17.5 Å². The molecule has 78 valence electrons. The molecule has 3 heteroatoms. The van der Waals surface area contributed by atoms with Crippen LogP contribution >= 0.6 is 0 Å². The average Bonchev–Trinajstić information content (AvgIpc) is 2.17. The normalized spacial score (nSPS) is 15.9. The summed E-state index contributed by atoms with van der Waals surface area (Å²) < 4.78 is 13.6. The van der Waals surface area contributed by atoms with Crippen LogP contribution in [0.2, 0.25) is 0 Å². The fraction of sp³-hybridized carbons (Fsp3) is 0.250. The van der Waals surface area contributed by atoms with Gasteiger partial charge in [0.1, 0.15) is 5.82 Å². The smallest absolute Gasteiger partial charge is 0.244 e. The highest BCUT2D eigenvalue weighted by Gasteiger charge is 2.13. The lowest BCUT2D eigenvalue weighted by atomic mass is 9.98. The topological polar surface area (TPSA) is 29.1 Å². The van der Waals surface area contributed by atoms with Gasteiger partial charge in [0.2, 0.25) is 5.91 Å². The van der Waals surface area contributed by atoms with Gasteiger partial charge in [0.25, 0.3) is 0 Å². The molecule has 1 heterocycles. The summed E-state index contributed by atoms with van der Waals surface area (Å²) in [6.45, 7) is 2.42. The van der Waals surface area contributed by atoms with Crippen molar-refractivity contribution in [3.8, 4) is 0 Å². The summed E-state index contributed by atoms with van der Waals surface area (Å²) in [5.41, 5.74) is 2.20. The third-order valence-corrected chi connectivity index (χ3v) is 2.47. The Hall–Kier alpha value is -1.64. The molecule has 2 nitrogen and oxygen atoms in total. The second kappa shape index (κ2) is 3.85. The molecule has 1 amide bonds. The molecule has 15 heavy (non-hydrogen) atoms. The van der Waals surface area contributed by atoms with Gasteiger partial charge in [-0.3, -0.25) is 4.79 Å². The fourth-order valence-corrected chi connectivity index (χ4v) is 1.69. The Balaban J connectivity index is 2.41. The summed E-state index contributed by atoms with van der Waals surface area (Å²) in [5.74, 6) is -0.396. The van der Waals surface area contributed by atoms with Crippen molar-refractivity contribution in [2.75, 3.05) is 6.54 Å². The zero-order chi connectivity index (χ0) is 10.8. The molecule has 0 unspecified atom stereocenters. The van der Waals surface area contributed by atoms with E-state index >= 15 is 0 Å². The van der Waals surface area contributed by atoms with Crippen molar-refractivity contribution >= 4 is 11.5 Å². The average molecular weight is 205 g/mol. The third kappa shape index (κ3) is 2.06. The van der Waals surface area contributed by atoms with Gasteiger partial charge in [0.05, 0.1) is 0 Å². The monoisotopic (exact) mass is 205 g/mol. The highest BCUT2D eigenvalue weighted by atomic mass is 19.1. The van der Waals surface area contributed by atoms with Crippen LogP contribution in [0.25, 0.3) is 5.57 Å². The Bertz CT molecular complexity index is 437. The number of carbonyl (C=O) groups is 1. The molecule has 1 aliphatic rings. The zero-order valence-corrected chi connectivity index (χ0v) is 8.51. The Morgan fingerprint density at radius 3 is 2.87 bits per heavy atom. The summed E-state index contributed by atoms with van der Waals surface area (Å²) in [7, 11) is 0. The number of halogens is 1. The first kappa shape index (κ1) is 9.90. The molecule has 1 aliphatic heterocycles. The molecule has 0 spiro atoms.